The SMILES string of the molecule is CC(C)(C)OC(=O)N1CCc2[nH]ncc2C1.Cc1cc(C2CCN(C(=O)c3n[nH]c4c3CNCC4)CC2)cc(C(F)(F)F)c1.Cc1cc(C2CCN(C(=O)c3n[nH]c4c3CNCC4)CC2)cc(C(F)(F)F)c1.Cc1cc(C2CCNCC2)cc(C(F)(F)F)c1.Cl.Cl.O=C=O.[HH].[HH]. The first kappa shape index (κ1) is 75.7. The van der Waals surface area contributed by atoms with Crippen LogP contribution in [0, 0.1) is 20.8 Å². The summed E-state index contributed by atoms with van der Waals surface area (Å²) in [6.45, 7) is 18.8. The van der Waals surface area contributed by atoms with Crippen molar-refractivity contribution in [3.63, 3.8) is 0 Å². The molecule has 0 atom stereocenters. The molecule has 18 nitrogen and oxygen atoms in total. The molecular weight excluding hydrogens is 1290 g/mol. The number of aryl methyl sites for hydroxylation is 3. The Morgan fingerprint density at radius 3 is 1.27 bits per heavy atom. The highest BCUT2D eigenvalue weighted by Crippen LogP contribution is 2.39. The highest BCUT2D eigenvalue weighted by molar-refractivity contribution is 5.94. The lowest BCUT2D eigenvalue weighted by Gasteiger charge is -2.32. The van der Waals surface area contributed by atoms with E-state index in [1.165, 1.54) is 36.4 Å². The van der Waals surface area contributed by atoms with Gasteiger partial charge in [-0.25, -0.2) is 4.79 Å². The van der Waals surface area contributed by atoms with Gasteiger partial charge in [0.15, 0.2) is 11.4 Å². The van der Waals surface area contributed by atoms with E-state index >= 15 is 0 Å². The van der Waals surface area contributed by atoms with E-state index in [1.807, 2.05) is 39.0 Å². The monoisotopic (exact) mass is 1370 g/mol. The summed E-state index contributed by atoms with van der Waals surface area (Å²) in [4.78, 5) is 59.1. The molecule has 0 bridgehead atoms. The van der Waals surface area contributed by atoms with Gasteiger partial charge in [-0.15, -0.1) is 24.8 Å². The van der Waals surface area contributed by atoms with Crippen molar-refractivity contribution in [3.8, 4) is 0 Å². The Hall–Kier alpha value is -7.29. The summed E-state index contributed by atoms with van der Waals surface area (Å²) in [5.74, 6) is 0.122. The minimum atomic E-state index is -4.34. The number of aromatic nitrogens is 6. The van der Waals surface area contributed by atoms with Crippen molar-refractivity contribution in [2.75, 3.05) is 58.9 Å². The van der Waals surface area contributed by atoms with Gasteiger partial charge in [-0.3, -0.25) is 24.9 Å². The molecule has 3 aromatic heterocycles. The van der Waals surface area contributed by atoms with E-state index in [-0.39, 0.29) is 69.5 Å². The van der Waals surface area contributed by atoms with Crippen molar-refractivity contribution in [3.05, 3.63) is 156 Å². The maximum Gasteiger partial charge on any atom is 0.416 e. The average molecular weight is 1370 g/mol. The molecule has 6 aliphatic rings. The van der Waals surface area contributed by atoms with Crippen LogP contribution in [0.4, 0.5) is 44.3 Å². The topological polar surface area (TPSA) is 226 Å². The number of alkyl halides is 9. The van der Waals surface area contributed by atoms with Crippen molar-refractivity contribution in [1.82, 2.24) is 61.2 Å². The van der Waals surface area contributed by atoms with Crippen LogP contribution in [-0.2, 0) is 71.8 Å². The third-order valence-corrected chi connectivity index (χ3v) is 17.1. The number of hydrogen-bond donors (Lipinski definition) is 6. The number of fused-ring (bicyclic) bond motifs is 3. The van der Waals surface area contributed by atoms with Crippen LogP contribution < -0.4 is 16.0 Å². The third kappa shape index (κ3) is 20.4. The lowest BCUT2D eigenvalue weighted by atomic mass is 9.87. The first-order valence-corrected chi connectivity index (χ1v) is 30.9. The van der Waals surface area contributed by atoms with E-state index in [0.717, 1.165) is 97.6 Å². The smallest absolute Gasteiger partial charge is 0.416 e. The Kier molecular flexibility index (Phi) is 26.5. The van der Waals surface area contributed by atoms with Crippen LogP contribution in [0.5, 0.6) is 0 Å². The fourth-order valence-electron chi connectivity index (χ4n) is 12.4. The number of likely N-dealkylation sites (tertiary alicyclic amines) is 2. The molecule has 6 N–H and O–H groups in total. The van der Waals surface area contributed by atoms with Crippen LogP contribution in [0.3, 0.4) is 0 Å². The zero-order chi connectivity index (χ0) is 66.7. The van der Waals surface area contributed by atoms with Gasteiger partial charge in [0.1, 0.15) is 5.60 Å². The zero-order valence-corrected chi connectivity index (χ0v) is 54.8. The third-order valence-electron chi connectivity index (χ3n) is 17.1. The molecule has 6 aliphatic heterocycles. The molecular formula is C65H85Cl2F9N12O6. The van der Waals surface area contributed by atoms with Crippen LogP contribution in [0.2, 0.25) is 0 Å². The van der Waals surface area contributed by atoms with Gasteiger partial charge in [0, 0.05) is 115 Å². The number of nitrogens with zero attached hydrogens (tertiary/aromatic N) is 6. The fraction of sp³-hybridized carbons (Fsp3) is 0.523. The van der Waals surface area contributed by atoms with E-state index in [1.54, 1.807) is 41.7 Å². The molecule has 3 fully saturated rings. The maximum absolute atomic E-state index is 13.1. The largest absolute Gasteiger partial charge is 0.444 e. The second-order valence-corrected chi connectivity index (χ2v) is 25.1. The molecule has 6 aromatic rings. The number of nitrogens with one attached hydrogen (secondary N) is 6. The van der Waals surface area contributed by atoms with Crippen LogP contribution in [0.1, 0.15) is 185 Å². The van der Waals surface area contributed by atoms with Crippen LogP contribution >= 0.6 is 24.8 Å². The zero-order valence-electron chi connectivity index (χ0n) is 53.2. The molecule has 94 heavy (non-hydrogen) atoms. The Labute approximate surface area is 554 Å². The molecule has 12 rings (SSSR count). The number of rotatable bonds is 5. The quantitative estimate of drug-likeness (QED) is 0.0887. The van der Waals surface area contributed by atoms with Crippen molar-refractivity contribution >= 4 is 48.9 Å². The minimum absolute atomic E-state index is 0. The van der Waals surface area contributed by atoms with Gasteiger partial charge >= 0.3 is 30.8 Å². The number of benzene rings is 3. The van der Waals surface area contributed by atoms with Crippen molar-refractivity contribution < 1.29 is 71.1 Å². The van der Waals surface area contributed by atoms with E-state index in [2.05, 4.69) is 46.5 Å². The molecule has 0 radical (unpaired) electrons. The second kappa shape index (κ2) is 32.9. The van der Waals surface area contributed by atoms with Gasteiger partial charge in [-0.05, 0) is 164 Å². The highest BCUT2D eigenvalue weighted by atomic mass is 35.5. The lowest BCUT2D eigenvalue weighted by molar-refractivity contribution is -0.191. The molecule has 0 spiro atoms. The summed E-state index contributed by atoms with van der Waals surface area (Å²) < 4.78 is 122. The van der Waals surface area contributed by atoms with Gasteiger partial charge in [0.25, 0.3) is 11.8 Å². The van der Waals surface area contributed by atoms with Gasteiger partial charge in [-0.1, -0.05) is 34.9 Å². The Bertz CT molecular complexity index is 3410. The molecule has 0 unspecified atom stereocenters. The Morgan fingerprint density at radius 2 is 0.894 bits per heavy atom. The molecule has 3 amide bonds. The van der Waals surface area contributed by atoms with Crippen LogP contribution in [0.15, 0.2) is 60.8 Å². The summed E-state index contributed by atoms with van der Waals surface area (Å²) in [5.41, 5.74) is 9.04. The van der Waals surface area contributed by atoms with Crippen molar-refractivity contribution in [1.29, 1.82) is 0 Å². The average Bonchev–Trinajstić information content (AvgIpc) is 0.936. The summed E-state index contributed by atoms with van der Waals surface area (Å²) in [6, 6.07) is 12.9. The molecule has 0 saturated carbocycles. The standard InChI is InChI=1S/2C20H23F3N4O.C13H16F3N.C11H17N3O2.CO2.2ClH.2H2/c2*1-12-8-14(10-15(9-12)20(21,22)23)13-3-6-27(7-4-13)19(28)18-16-11-24-5-2-17(16)25-26-18;1-9-6-11(10-2-4-17-5-3-10)8-12(7-9)13(14,15)16;1-11(2,3)16-10(15)14-5-4-9-8(7-14)6-12-13-9;2-1-3;;;;/h2*8-10,13,24H,2-7,11H2,1H3,(H,25,26);6-8,10,17H,2-5H2,1H3;6H,4-5,7H2,1-3H3,(H,12,13);;4*1H. The first-order chi connectivity index (χ1) is 43.5. The first-order valence-electron chi connectivity index (χ1n) is 30.9. The number of aromatic amines is 3. The number of hydrogen-bond acceptors (Lipinski definition) is 12. The van der Waals surface area contributed by atoms with Crippen molar-refractivity contribution in [2.24, 2.45) is 0 Å². The molecule has 0 aliphatic carbocycles. The Morgan fingerprint density at radius 1 is 0.511 bits per heavy atom. The van der Waals surface area contributed by atoms with Gasteiger partial charge in [-0.2, -0.15) is 64.4 Å². The van der Waals surface area contributed by atoms with Crippen LogP contribution in [0.25, 0.3) is 0 Å². The van der Waals surface area contributed by atoms with Gasteiger partial charge < -0.3 is 35.4 Å². The summed E-state index contributed by atoms with van der Waals surface area (Å²) in [6.07, 6.45) is -4.26. The van der Waals surface area contributed by atoms with Crippen molar-refractivity contribution in [2.45, 2.75) is 161 Å². The normalized spacial score (nSPS) is 16.9. The number of ether oxygens (including phenoxy) is 1. The minimum Gasteiger partial charge on any atom is -0.444 e. The molecule has 29 heteroatoms. The molecule has 9 heterocycles. The fourth-order valence-corrected chi connectivity index (χ4v) is 12.4. The Balaban J connectivity index is 0.000000272. The summed E-state index contributed by atoms with van der Waals surface area (Å²) in [7, 11) is 0. The van der Waals surface area contributed by atoms with Crippen LogP contribution in [-0.4, -0.2) is 134 Å². The predicted octanol–water partition coefficient (Wildman–Crippen LogP) is 12.7. The molecule has 518 valence electrons. The lowest BCUT2D eigenvalue weighted by Crippen LogP contribution is -2.39. The molecule has 3 saturated heterocycles. The van der Waals surface area contributed by atoms with E-state index in [4.69, 9.17) is 14.3 Å². The number of piperidine rings is 3. The van der Waals surface area contributed by atoms with Gasteiger partial charge in [0.2, 0.25) is 0 Å². The highest BCUT2D eigenvalue weighted by Gasteiger charge is 2.37. The summed E-state index contributed by atoms with van der Waals surface area (Å²) in [5, 5.41) is 31.0. The second-order valence-electron chi connectivity index (χ2n) is 25.1. The van der Waals surface area contributed by atoms with E-state index in [9.17, 15) is 53.9 Å². The number of H-pyrrole nitrogens is 3. The van der Waals surface area contributed by atoms with E-state index in [0.29, 0.717) is 117 Å². The number of halogens is 11. The summed E-state index contributed by atoms with van der Waals surface area (Å²) >= 11 is 0. The maximum atomic E-state index is 13.1. The van der Waals surface area contributed by atoms with E-state index < -0.39 is 40.8 Å². The molecule has 3 aromatic carbocycles. The number of carbonyl (C=O) groups is 3. The number of carbonyl (C=O) groups excluding carboxylic acids is 5. The predicted molar refractivity (Wildman–Crippen MR) is 340 cm³/mol. The van der Waals surface area contributed by atoms with Gasteiger partial charge in [0.05, 0.1) is 29.4 Å². The number of amides is 3.